The van der Waals surface area contributed by atoms with E-state index < -0.39 is 10.0 Å². The van der Waals surface area contributed by atoms with Gasteiger partial charge in [0.25, 0.3) is 10.0 Å². The van der Waals surface area contributed by atoms with Crippen LogP contribution in [0, 0.1) is 6.92 Å². The molecule has 3 aromatic rings. The van der Waals surface area contributed by atoms with Gasteiger partial charge in [0.05, 0.1) is 0 Å². The molecule has 0 bridgehead atoms. The van der Waals surface area contributed by atoms with Crippen molar-refractivity contribution in [3.63, 3.8) is 0 Å². The average molecular weight is 462 g/mol. The van der Waals surface area contributed by atoms with Gasteiger partial charge in [0.15, 0.2) is 0 Å². The molecule has 0 saturated carbocycles. The highest BCUT2D eigenvalue weighted by Gasteiger charge is 2.21. The first-order chi connectivity index (χ1) is 14.3. The first-order valence-electron chi connectivity index (χ1n) is 8.85. The summed E-state index contributed by atoms with van der Waals surface area (Å²) in [6, 6.07) is 18.1. The van der Waals surface area contributed by atoms with E-state index in [-0.39, 0.29) is 10.9 Å². The van der Waals surface area contributed by atoms with Gasteiger partial charge in [-0.05, 0) is 42.3 Å². The predicted octanol–water partition coefficient (Wildman–Crippen LogP) is 3.96. The standard InChI is InChI=1S/C20H20ClN5O2S2/c1-14-11-18(17(12-16(14)21)29-13-15-7-3-2-4-8-15)30(27,28)26-20(22)25-24-19-9-5-6-10-23-19/h2-12H,13H2,1H3,(H,23,24)(H3,22,25,26). The van der Waals surface area contributed by atoms with Gasteiger partial charge < -0.3 is 5.73 Å². The zero-order valence-corrected chi connectivity index (χ0v) is 18.4. The second-order valence-corrected chi connectivity index (χ2v) is 9.24. The molecule has 0 fully saturated rings. The molecular formula is C20H20ClN5O2S2. The fraction of sp³-hybridized carbons (Fsp3) is 0.100. The molecule has 0 saturated heterocycles. The normalized spacial score (nSPS) is 11.9. The monoisotopic (exact) mass is 461 g/mol. The molecule has 1 heterocycles. The van der Waals surface area contributed by atoms with Crippen LogP contribution in [0.4, 0.5) is 5.82 Å². The second-order valence-electron chi connectivity index (χ2n) is 6.24. The fourth-order valence-corrected chi connectivity index (χ4v) is 5.13. The molecule has 0 radical (unpaired) electrons. The number of hydrazine groups is 1. The van der Waals surface area contributed by atoms with Crippen molar-refractivity contribution < 1.29 is 8.42 Å². The van der Waals surface area contributed by atoms with Crippen LogP contribution in [-0.4, -0.2) is 19.4 Å². The van der Waals surface area contributed by atoms with Gasteiger partial charge in [-0.15, -0.1) is 16.2 Å². The Morgan fingerprint density at radius 1 is 1.17 bits per heavy atom. The van der Waals surface area contributed by atoms with Crippen LogP contribution in [0.3, 0.4) is 0 Å². The highest BCUT2D eigenvalue weighted by Crippen LogP contribution is 2.34. The minimum absolute atomic E-state index is 0.0490. The summed E-state index contributed by atoms with van der Waals surface area (Å²) in [5.41, 5.74) is 12.7. The minimum atomic E-state index is -4.08. The van der Waals surface area contributed by atoms with E-state index in [4.69, 9.17) is 17.3 Å². The van der Waals surface area contributed by atoms with Crippen LogP contribution in [0.1, 0.15) is 11.1 Å². The van der Waals surface area contributed by atoms with E-state index in [1.54, 1.807) is 37.4 Å². The number of guanidine groups is 1. The third-order valence-electron chi connectivity index (χ3n) is 3.94. The zero-order chi connectivity index (χ0) is 21.6. The average Bonchev–Trinajstić information content (AvgIpc) is 2.74. The van der Waals surface area contributed by atoms with E-state index in [9.17, 15) is 8.42 Å². The summed E-state index contributed by atoms with van der Waals surface area (Å²) in [6.07, 6.45) is 1.58. The molecule has 156 valence electrons. The summed E-state index contributed by atoms with van der Waals surface area (Å²) in [5.74, 6) is 0.739. The van der Waals surface area contributed by atoms with Gasteiger partial charge in [0, 0.05) is 21.9 Å². The first-order valence-corrected chi connectivity index (χ1v) is 11.7. The largest absolute Gasteiger partial charge is 0.368 e. The van der Waals surface area contributed by atoms with Crippen molar-refractivity contribution in [1.82, 2.24) is 10.4 Å². The predicted molar refractivity (Wildman–Crippen MR) is 122 cm³/mol. The number of anilines is 1. The number of sulfonamides is 1. The van der Waals surface area contributed by atoms with Gasteiger partial charge in [-0.25, -0.2) is 4.98 Å². The van der Waals surface area contributed by atoms with Gasteiger partial charge in [0.2, 0.25) is 5.96 Å². The fourth-order valence-electron chi connectivity index (χ4n) is 2.45. The van der Waals surface area contributed by atoms with Crippen LogP contribution in [0.2, 0.25) is 5.02 Å². The van der Waals surface area contributed by atoms with Crippen molar-refractivity contribution in [2.45, 2.75) is 22.5 Å². The Hall–Kier alpha value is -2.75. The maximum Gasteiger partial charge on any atom is 0.286 e. The number of thioether (sulfide) groups is 1. The molecule has 7 nitrogen and oxygen atoms in total. The highest BCUT2D eigenvalue weighted by atomic mass is 35.5. The number of benzene rings is 2. The number of hydrogen-bond donors (Lipinski definition) is 3. The Bertz CT molecular complexity index is 1140. The molecule has 0 aliphatic heterocycles. The van der Waals surface area contributed by atoms with Gasteiger partial charge in [0.1, 0.15) is 10.7 Å². The van der Waals surface area contributed by atoms with Gasteiger partial charge in [-0.2, -0.15) is 8.42 Å². The van der Waals surface area contributed by atoms with Crippen LogP contribution in [-0.2, 0) is 15.8 Å². The van der Waals surface area contributed by atoms with Crippen LogP contribution < -0.4 is 16.6 Å². The third kappa shape index (κ3) is 5.88. The van der Waals surface area contributed by atoms with Crippen molar-refractivity contribution in [1.29, 1.82) is 0 Å². The molecule has 30 heavy (non-hydrogen) atoms. The Kier molecular flexibility index (Phi) is 7.20. The van der Waals surface area contributed by atoms with E-state index in [0.29, 0.717) is 27.1 Å². The number of halogens is 1. The van der Waals surface area contributed by atoms with Crippen molar-refractivity contribution in [2.75, 3.05) is 5.43 Å². The van der Waals surface area contributed by atoms with Crippen molar-refractivity contribution in [3.8, 4) is 0 Å². The summed E-state index contributed by atoms with van der Waals surface area (Å²) in [5, 5.41) is 0.483. The van der Waals surface area contributed by atoms with E-state index in [2.05, 4.69) is 20.2 Å². The SMILES string of the molecule is Cc1cc(S(=O)(=O)/N=C(/N)NNc2ccccn2)c(SCc2ccccc2)cc1Cl. The summed E-state index contributed by atoms with van der Waals surface area (Å²) >= 11 is 7.61. The number of aromatic nitrogens is 1. The van der Waals surface area contributed by atoms with Gasteiger partial charge in [-0.3, -0.25) is 10.9 Å². The van der Waals surface area contributed by atoms with Crippen LogP contribution in [0.15, 0.2) is 81.0 Å². The molecule has 0 aliphatic carbocycles. The summed E-state index contributed by atoms with van der Waals surface area (Å²) < 4.78 is 29.6. The molecule has 0 unspecified atom stereocenters. The minimum Gasteiger partial charge on any atom is -0.368 e. The molecule has 2 aromatic carbocycles. The molecule has 1 aromatic heterocycles. The smallest absolute Gasteiger partial charge is 0.286 e. The second kappa shape index (κ2) is 9.84. The molecule has 0 amide bonds. The van der Waals surface area contributed by atoms with Crippen molar-refractivity contribution >= 4 is 45.2 Å². The topological polar surface area (TPSA) is 109 Å². The van der Waals surface area contributed by atoms with Gasteiger partial charge >= 0.3 is 0 Å². The van der Waals surface area contributed by atoms with Gasteiger partial charge in [-0.1, -0.05) is 48.0 Å². The quantitative estimate of drug-likeness (QED) is 0.211. The van der Waals surface area contributed by atoms with Crippen LogP contribution in [0.5, 0.6) is 0 Å². The summed E-state index contributed by atoms with van der Waals surface area (Å²) in [4.78, 5) is 4.59. The Balaban J connectivity index is 1.83. The number of pyridine rings is 1. The summed E-state index contributed by atoms with van der Waals surface area (Å²) in [6.45, 7) is 1.74. The number of aryl methyl sites for hydroxylation is 1. The highest BCUT2D eigenvalue weighted by molar-refractivity contribution is 7.99. The molecule has 0 atom stereocenters. The summed E-state index contributed by atoms with van der Waals surface area (Å²) in [7, 11) is -4.08. The van der Waals surface area contributed by atoms with E-state index >= 15 is 0 Å². The maximum absolute atomic E-state index is 12.9. The zero-order valence-electron chi connectivity index (χ0n) is 16.0. The lowest BCUT2D eigenvalue weighted by Crippen LogP contribution is -2.37. The van der Waals surface area contributed by atoms with Crippen molar-refractivity contribution in [2.24, 2.45) is 10.1 Å². The molecular weight excluding hydrogens is 442 g/mol. The van der Waals surface area contributed by atoms with E-state index in [1.165, 1.54) is 17.8 Å². The molecule has 0 spiro atoms. The lowest BCUT2D eigenvalue weighted by atomic mass is 10.2. The van der Waals surface area contributed by atoms with Crippen LogP contribution in [0.25, 0.3) is 0 Å². The maximum atomic E-state index is 12.9. The number of rotatable bonds is 7. The molecule has 4 N–H and O–H groups in total. The molecule has 0 aliphatic rings. The van der Waals surface area contributed by atoms with E-state index in [0.717, 1.165) is 5.56 Å². The third-order valence-corrected chi connectivity index (χ3v) is 6.94. The molecule has 10 heteroatoms. The van der Waals surface area contributed by atoms with Crippen LogP contribution >= 0.6 is 23.4 Å². The van der Waals surface area contributed by atoms with E-state index in [1.807, 2.05) is 30.3 Å². The number of nitrogens with one attached hydrogen (secondary N) is 2. The van der Waals surface area contributed by atoms with Crippen molar-refractivity contribution in [3.05, 3.63) is 83.0 Å². The Morgan fingerprint density at radius 2 is 1.90 bits per heavy atom. The first kappa shape index (κ1) is 21.9. The lowest BCUT2D eigenvalue weighted by Gasteiger charge is -2.12. The lowest BCUT2D eigenvalue weighted by molar-refractivity contribution is 0.595. The Labute approximate surface area is 184 Å². The number of nitrogens with zero attached hydrogens (tertiary/aromatic N) is 2. The molecule has 3 rings (SSSR count). The Morgan fingerprint density at radius 3 is 2.60 bits per heavy atom. The number of hydrogen-bond acceptors (Lipinski definition) is 5. The number of nitrogens with two attached hydrogens (primary N) is 1.